The molecular weight excluding hydrogens is 536 g/mol. The number of H-pyrrole nitrogens is 1. The second-order valence-electron chi connectivity index (χ2n) is 6.84. The maximum Gasteiger partial charge on any atom is 0.490 e. The van der Waals surface area contributed by atoms with Gasteiger partial charge in [-0.05, 0) is 6.92 Å². The Hall–Kier alpha value is -1.36. The number of nitrogens with zero attached hydrogens (tertiary/aromatic N) is 1. The van der Waals surface area contributed by atoms with E-state index < -0.39 is 71.5 Å². The fourth-order valence-electron chi connectivity index (χ4n) is 3.02. The standard InChI is InChI=1S/C13H20FN2O15P3/c1-2-4-13(20)9(18)12(6-14,29-10(13)16-5-3-8(17)15-11(16)19)7-28-33(24,25)31-34(26,27)30-32(21,22)23/h2-5,9-10,18,20H,6-7H2,1H3,(H,24,25)(H,26,27)(H,15,17,19)(H2,21,22,23)/b4-2+/t9-,10-,12-,13-/m1/s1. The lowest BCUT2D eigenvalue weighted by Gasteiger charge is -2.31. The zero-order valence-corrected chi connectivity index (χ0v) is 19.6. The number of hydrogen-bond donors (Lipinski definition) is 7. The van der Waals surface area contributed by atoms with E-state index in [-0.39, 0.29) is 0 Å². The van der Waals surface area contributed by atoms with E-state index in [9.17, 15) is 47.7 Å². The van der Waals surface area contributed by atoms with Gasteiger partial charge in [0.1, 0.15) is 12.8 Å². The predicted molar refractivity (Wildman–Crippen MR) is 106 cm³/mol. The number of aromatic nitrogens is 2. The highest BCUT2D eigenvalue weighted by molar-refractivity contribution is 7.66. The first-order chi connectivity index (χ1) is 15.4. The SMILES string of the molecule is C/C=C/[C@@]1(O)[C@H](O)[C@@](CF)(COP(=O)(O)OP(=O)(O)OP(=O)(O)O)O[C@H]1n1ccc(=O)[nH]c1=O. The largest absolute Gasteiger partial charge is 0.490 e. The quantitative estimate of drug-likeness (QED) is 0.132. The first kappa shape index (κ1) is 28.9. The minimum absolute atomic E-state index is 0.576. The van der Waals surface area contributed by atoms with Crippen molar-refractivity contribution in [3.05, 3.63) is 45.3 Å². The molecule has 0 aromatic carbocycles. The summed E-state index contributed by atoms with van der Waals surface area (Å²) >= 11 is 0. The van der Waals surface area contributed by atoms with Gasteiger partial charge in [-0.25, -0.2) is 22.9 Å². The Morgan fingerprint density at radius 1 is 1.21 bits per heavy atom. The molecule has 7 N–H and O–H groups in total. The third-order valence-electron chi connectivity index (χ3n) is 4.33. The summed E-state index contributed by atoms with van der Waals surface area (Å²) < 4.78 is 65.5. The van der Waals surface area contributed by atoms with Crippen molar-refractivity contribution in [2.75, 3.05) is 13.3 Å². The molecule has 17 nitrogen and oxygen atoms in total. The Kier molecular flexibility index (Phi) is 8.45. The van der Waals surface area contributed by atoms with E-state index in [1.165, 1.54) is 13.0 Å². The van der Waals surface area contributed by atoms with Crippen LogP contribution in [0.4, 0.5) is 4.39 Å². The molecule has 1 aliphatic heterocycles. The summed E-state index contributed by atoms with van der Waals surface area (Å²) in [4.78, 5) is 61.2. The molecule has 34 heavy (non-hydrogen) atoms. The summed E-state index contributed by atoms with van der Waals surface area (Å²) in [6, 6.07) is 0.842. The van der Waals surface area contributed by atoms with Crippen LogP contribution in [0, 0.1) is 0 Å². The van der Waals surface area contributed by atoms with Crippen LogP contribution in [0.25, 0.3) is 0 Å². The highest BCUT2D eigenvalue weighted by Crippen LogP contribution is 2.66. The summed E-state index contributed by atoms with van der Waals surface area (Å²) in [7, 11) is -17.3. The fourth-order valence-corrected chi connectivity index (χ4v) is 6.10. The van der Waals surface area contributed by atoms with Crippen molar-refractivity contribution in [1.82, 2.24) is 9.55 Å². The number of aliphatic hydroxyl groups excluding tert-OH is 1. The molecule has 194 valence electrons. The molecule has 0 aliphatic carbocycles. The number of allylic oxidation sites excluding steroid dienone is 1. The Morgan fingerprint density at radius 2 is 1.82 bits per heavy atom. The van der Waals surface area contributed by atoms with Gasteiger partial charge in [0.05, 0.1) is 6.61 Å². The number of rotatable bonds is 10. The highest BCUT2D eigenvalue weighted by atomic mass is 31.3. The molecule has 0 radical (unpaired) electrons. The maximum absolute atomic E-state index is 14.1. The fraction of sp³-hybridized carbons (Fsp3) is 0.538. The van der Waals surface area contributed by atoms with Gasteiger partial charge in [0.15, 0.2) is 17.4 Å². The van der Waals surface area contributed by atoms with Crippen LogP contribution in [-0.2, 0) is 31.6 Å². The predicted octanol–water partition coefficient (Wildman–Crippen LogP) is -1.21. The summed E-state index contributed by atoms with van der Waals surface area (Å²) in [5, 5.41) is 21.7. The lowest BCUT2D eigenvalue weighted by Crippen LogP contribution is -2.53. The topological polar surface area (TPSA) is 264 Å². The zero-order valence-electron chi connectivity index (χ0n) is 16.9. The molecule has 1 aromatic rings. The van der Waals surface area contributed by atoms with E-state index in [1.54, 1.807) is 0 Å². The summed E-state index contributed by atoms with van der Waals surface area (Å²) in [6.07, 6.45) is -1.31. The van der Waals surface area contributed by atoms with E-state index >= 15 is 0 Å². The average Bonchev–Trinajstić information content (AvgIpc) is 2.86. The normalized spacial score (nSPS) is 31.4. The number of nitrogens with one attached hydrogen (secondary N) is 1. The van der Waals surface area contributed by atoms with Crippen LogP contribution in [0.2, 0.25) is 0 Å². The summed E-state index contributed by atoms with van der Waals surface area (Å²) in [5.41, 5.74) is -7.27. The van der Waals surface area contributed by atoms with Crippen LogP contribution < -0.4 is 11.2 Å². The molecule has 1 fully saturated rings. The molecule has 0 bridgehead atoms. The molecule has 1 saturated heterocycles. The third kappa shape index (κ3) is 6.44. The maximum atomic E-state index is 14.1. The van der Waals surface area contributed by atoms with Gasteiger partial charge in [0.2, 0.25) is 0 Å². The first-order valence-electron chi connectivity index (χ1n) is 8.78. The van der Waals surface area contributed by atoms with Gasteiger partial charge in [-0.2, -0.15) is 8.62 Å². The van der Waals surface area contributed by atoms with Crippen LogP contribution in [0.15, 0.2) is 34.0 Å². The molecule has 6 atom stereocenters. The molecule has 2 rings (SSSR count). The Bertz CT molecular complexity index is 1190. The monoisotopic (exact) mass is 556 g/mol. The Labute approximate surface area is 188 Å². The third-order valence-corrected chi connectivity index (χ3v) is 8.11. The molecule has 0 saturated carbocycles. The van der Waals surface area contributed by atoms with Crippen molar-refractivity contribution >= 4 is 23.5 Å². The second kappa shape index (κ2) is 9.95. The number of aliphatic hydroxyl groups is 2. The van der Waals surface area contributed by atoms with E-state index in [0.29, 0.717) is 4.57 Å². The number of halogens is 1. The zero-order chi connectivity index (χ0) is 26.2. The van der Waals surface area contributed by atoms with Crippen molar-refractivity contribution < 1.29 is 65.8 Å². The molecule has 2 heterocycles. The van der Waals surface area contributed by atoms with Crippen molar-refractivity contribution in [2.24, 2.45) is 0 Å². The molecule has 1 aliphatic rings. The van der Waals surface area contributed by atoms with Crippen LogP contribution in [0.3, 0.4) is 0 Å². The van der Waals surface area contributed by atoms with Crippen molar-refractivity contribution in [3.8, 4) is 0 Å². The first-order valence-corrected chi connectivity index (χ1v) is 13.3. The molecule has 2 unspecified atom stereocenters. The van der Waals surface area contributed by atoms with Gasteiger partial charge in [-0.1, -0.05) is 12.2 Å². The van der Waals surface area contributed by atoms with Gasteiger partial charge in [0, 0.05) is 12.3 Å². The number of ether oxygens (including phenoxy) is 1. The smallest absolute Gasteiger partial charge is 0.386 e. The minimum atomic E-state index is -5.89. The lowest BCUT2D eigenvalue weighted by molar-refractivity contribution is -0.137. The van der Waals surface area contributed by atoms with Gasteiger partial charge >= 0.3 is 29.2 Å². The number of aromatic amines is 1. The summed E-state index contributed by atoms with van der Waals surface area (Å²) in [6.45, 7) is -1.83. The van der Waals surface area contributed by atoms with Crippen molar-refractivity contribution in [2.45, 2.75) is 30.5 Å². The Morgan fingerprint density at radius 3 is 2.32 bits per heavy atom. The van der Waals surface area contributed by atoms with E-state index in [4.69, 9.17) is 14.5 Å². The Balaban J connectivity index is 2.38. The van der Waals surface area contributed by atoms with E-state index in [1.807, 2.05) is 4.98 Å². The molecule has 0 amide bonds. The number of phosphoric ester groups is 1. The number of hydrogen-bond acceptors (Lipinski definition) is 11. The minimum Gasteiger partial charge on any atom is -0.386 e. The molecule has 0 spiro atoms. The van der Waals surface area contributed by atoms with Crippen molar-refractivity contribution in [1.29, 1.82) is 0 Å². The summed E-state index contributed by atoms with van der Waals surface area (Å²) in [5.74, 6) is 0. The van der Waals surface area contributed by atoms with Gasteiger partial charge < -0.3 is 34.5 Å². The number of alkyl halides is 1. The van der Waals surface area contributed by atoms with Crippen LogP contribution in [0.1, 0.15) is 13.2 Å². The number of phosphoric acid groups is 3. The lowest BCUT2D eigenvalue weighted by atomic mass is 9.86. The van der Waals surface area contributed by atoms with E-state index in [0.717, 1.165) is 18.3 Å². The van der Waals surface area contributed by atoms with Crippen LogP contribution in [-0.4, -0.2) is 69.9 Å². The molecule has 21 heteroatoms. The molecule has 1 aromatic heterocycles. The van der Waals surface area contributed by atoms with E-state index in [2.05, 4.69) is 13.1 Å². The van der Waals surface area contributed by atoms with Crippen LogP contribution in [0.5, 0.6) is 0 Å². The van der Waals surface area contributed by atoms with Gasteiger partial charge in [-0.15, -0.1) is 0 Å². The molecular formula is C13H20FN2O15P3. The second-order valence-corrected chi connectivity index (χ2v) is 11.3. The van der Waals surface area contributed by atoms with Crippen molar-refractivity contribution in [3.63, 3.8) is 0 Å². The average molecular weight is 556 g/mol. The highest BCUT2D eigenvalue weighted by Gasteiger charge is 2.64. The van der Waals surface area contributed by atoms with Gasteiger partial charge in [0.25, 0.3) is 5.56 Å². The van der Waals surface area contributed by atoms with Crippen LogP contribution >= 0.6 is 23.5 Å². The van der Waals surface area contributed by atoms with Gasteiger partial charge in [-0.3, -0.25) is 18.9 Å².